The van der Waals surface area contributed by atoms with E-state index in [9.17, 15) is 4.39 Å². The third kappa shape index (κ3) is 3.62. The zero-order valence-electron chi connectivity index (χ0n) is 11.8. The largest absolute Gasteiger partial charge is 0.493 e. The normalized spacial score (nSPS) is 10.6. The van der Waals surface area contributed by atoms with E-state index in [2.05, 4.69) is 4.98 Å². The minimum absolute atomic E-state index is 0.264. The van der Waals surface area contributed by atoms with Gasteiger partial charge >= 0.3 is 0 Å². The number of nitrogen functional groups attached to an aromatic ring is 1. The Morgan fingerprint density at radius 2 is 1.77 bits per heavy atom. The number of rotatable bonds is 5. The SMILES string of the molecule is Nc1ccc(-c2csc(CCOc3ccc(F)cc3)n2)cc1. The summed E-state index contributed by atoms with van der Waals surface area (Å²) in [6.45, 7) is 0.514. The molecule has 2 aromatic carbocycles. The molecule has 0 radical (unpaired) electrons. The Morgan fingerprint density at radius 1 is 1.05 bits per heavy atom. The highest BCUT2D eigenvalue weighted by Gasteiger charge is 2.05. The fourth-order valence-corrected chi connectivity index (χ4v) is 2.79. The Kier molecular flexibility index (Phi) is 4.34. The van der Waals surface area contributed by atoms with Gasteiger partial charge < -0.3 is 10.5 Å². The third-order valence-electron chi connectivity index (χ3n) is 3.16. The molecule has 2 N–H and O–H groups in total. The van der Waals surface area contributed by atoms with Crippen LogP contribution in [0.1, 0.15) is 5.01 Å². The van der Waals surface area contributed by atoms with Crippen LogP contribution in [0.25, 0.3) is 11.3 Å². The summed E-state index contributed by atoms with van der Waals surface area (Å²) in [5.74, 6) is 0.400. The summed E-state index contributed by atoms with van der Waals surface area (Å²) in [4.78, 5) is 4.59. The molecule has 0 aliphatic rings. The molecule has 3 nitrogen and oxygen atoms in total. The molecule has 1 heterocycles. The van der Waals surface area contributed by atoms with Gasteiger partial charge in [-0.15, -0.1) is 11.3 Å². The van der Waals surface area contributed by atoms with Crippen molar-refractivity contribution in [1.29, 1.82) is 0 Å². The monoisotopic (exact) mass is 314 g/mol. The number of thiazole rings is 1. The van der Waals surface area contributed by atoms with Crippen LogP contribution in [0.15, 0.2) is 53.9 Å². The smallest absolute Gasteiger partial charge is 0.123 e. The average Bonchev–Trinajstić information content (AvgIpc) is 2.99. The molecule has 0 fully saturated rings. The van der Waals surface area contributed by atoms with Crippen LogP contribution in [0.3, 0.4) is 0 Å². The van der Waals surface area contributed by atoms with Crippen molar-refractivity contribution in [2.75, 3.05) is 12.3 Å². The maximum Gasteiger partial charge on any atom is 0.123 e. The lowest BCUT2D eigenvalue weighted by molar-refractivity contribution is 0.321. The molecule has 0 aliphatic carbocycles. The minimum atomic E-state index is -0.264. The van der Waals surface area contributed by atoms with Crippen LogP contribution < -0.4 is 10.5 Å². The first-order valence-corrected chi connectivity index (χ1v) is 7.77. The lowest BCUT2D eigenvalue weighted by Gasteiger charge is -2.04. The summed E-state index contributed by atoms with van der Waals surface area (Å²) < 4.78 is 18.4. The second-order valence-corrected chi connectivity index (χ2v) is 5.74. The maximum absolute atomic E-state index is 12.8. The van der Waals surface area contributed by atoms with Crippen LogP contribution >= 0.6 is 11.3 Å². The van der Waals surface area contributed by atoms with Gasteiger partial charge in [0.05, 0.1) is 17.3 Å². The van der Waals surface area contributed by atoms with Gasteiger partial charge in [-0.1, -0.05) is 12.1 Å². The zero-order chi connectivity index (χ0) is 15.4. The van der Waals surface area contributed by atoms with Gasteiger partial charge in [-0.25, -0.2) is 9.37 Å². The van der Waals surface area contributed by atoms with E-state index in [4.69, 9.17) is 10.5 Å². The lowest BCUT2D eigenvalue weighted by Crippen LogP contribution is -2.01. The van der Waals surface area contributed by atoms with Gasteiger partial charge in [0.25, 0.3) is 0 Å². The van der Waals surface area contributed by atoms with Crippen molar-refractivity contribution in [3.05, 3.63) is 64.7 Å². The molecular formula is C17H15FN2OS. The van der Waals surface area contributed by atoms with Crippen LogP contribution in [-0.4, -0.2) is 11.6 Å². The van der Waals surface area contributed by atoms with Gasteiger partial charge in [0.2, 0.25) is 0 Å². The number of nitrogens with two attached hydrogens (primary N) is 1. The molecule has 5 heteroatoms. The van der Waals surface area contributed by atoms with Crippen LogP contribution in [-0.2, 0) is 6.42 Å². The fourth-order valence-electron chi connectivity index (χ4n) is 2.00. The van der Waals surface area contributed by atoms with Crippen LogP contribution in [0, 0.1) is 5.82 Å². The molecule has 0 saturated heterocycles. The Labute approximate surface area is 132 Å². The summed E-state index contributed by atoms with van der Waals surface area (Å²) in [6, 6.07) is 13.7. The van der Waals surface area contributed by atoms with Crippen molar-refractivity contribution in [2.24, 2.45) is 0 Å². The van der Waals surface area contributed by atoms with Gasteiger partial charge in [0.1, 0.15) is 11.6 Å². The number of halogens is 1. The molecule has 3 aromatic rings. The fraction of sp³-hybridized carbons (Fsp3) is 0.118. The number of benzene rings is 2. The summed E-state index contributed by atoms with van der Waals surface area (Å²) >= 11 is 1.60. The zero-order valence-corrected chi connectivity index (χ0v) is 12.6. The topological polar surface area (TPSA) is 48.1 Å². The van der Waals surface area contributed by atoms with Crippen molar-refractivity contribution in [3.63, 3.8) is 0 Å². The highest BCUT2D eigenvalue weighted by atomic mass is 32.1. The summed E-state index contributed by atoms with van der Waals surface area (Å²) in [7, 11) is 0. The van der Waals surface area contributed by atoms with Crippen LogP contribution in [0.4, 0.5) is 10.1 Å². The van der Waals surface area contributed by atoms with Gasteiger partial charge in [-0.3, -0.25) is 0 Å². The van der Waals surface area contributed by atoms with Gasteiger partial charge in [0, 0.05) is 23.1 Å². The summed E-state index contributed by atoms with van der Waals surface area (Å²) in [6.07, 6.45) is 0.719. The molecule has 0 bridgehead atoms. The molecule has 22 heavy (non-hydrogen) atoms. The maximum atomic E-state index is 12.8. The second-order valence-electron chi connectivity index (χ2n) is 4.80. The van der Waals surface area contributed by atoms with Crippen molar-refractivity contribution in [2.45, 2.75) is 6.42 Å². The molecule has 112 valence electrons. The van der Waals surface area contributed by atoms with E-state index >= 15 is 0 Å². The second kappa shape index (κ2) is 6.58. The van der Waals surface area contributed by atoms with E-state index in [-0.39, 0.29) is 5.82 Å². The molecule has 3 rings (SSSR count). The van der Waals surface area contributed by atoms with E-state index in [1.807, 2.05) is 29.6 Å². The van der Waals surface area contributed by atoms with Crippen molar-refractivity contribution in [1.82, 2.24) is 4.98 Å². The standard InChI is InChI=1S/C17H15FN2OS/c18-13-3-7-15(8-4-13)21-10-9-17-20-16(11-22-17)12-1-5-14(19)6-2-12/h1-8,11H,9-10,19H2. The Morgan fingerprint density at radius 3 is 2.50 bits per heavy atom. The third-order valence-corrected chi connectivity index (χ3v) is 4.07. The first-order valence-electron chi connectivity index (χ1n) is 6.89. The average molecular weight is 314 g/mol. The molecule has 0 spiro atoms. The van der Waals surface area contributed by atoms with Gasteiger partial charge in [-0.2, -0.15) is 0 Å². The highest BCUT2D eigenvalue weighted by Crippen LogP contribution is 2.23. The van der Waals surface area contributed by atoms with Gasteiger partial charge in [0.15, 0.2) is 0 Å². The summed E-state index contributed by atoms with van der Waals surface area (Å²) in [5.41, 5.74) is 8.42. The molecule has 0 amide bonds. The summed E-state index contributed by atoms with van der Waals surface area (Å²) in [5, 5.41) is 3.03. The highest BCUT2D eigenvalue weighted by molar-refractivity contribution is 7.09. The first kappa shape index (κ1) is 14.5. The number of nitrogens with zero attached hydrogens (tertiary/aromatic N) is 1. The number of ether oxygens (including phenoxy) is 1. The predicted molar refractivity (Wildman–Crippen MR) is 87.6 cm³/mol. The van der Waals surface area contributed by atoms with E-state index in [1.54, 1.807) is 23.5 Å². The molecule has 0 aliphatic heterocycles. The number of hydrogen-bond acceptors (Lipinski definition) is 4. The quantitative estimate of drug-likeness (QED) is 0.720. The van der Waals surface area contributed by atoms with Crippen LogP contribution in [0.5, 0.6) is 5.75 Å². The molecule has 0 unspecified atom stereocenters. The van der Waals surface area contributed by atoms with E-state index in [1.165, 1.54) is 12.1 Å². The van der Waals surface area contributed by atoms with E-state index < -0.39 is 0 Å². The Hall–Kier alpha value is -2.40. The van der Waals surface area contributed by atoms with Crippen molar-refractivity contribution < 1.29 is 9.13 Å². The van der Waals surface area contributed by atoms with E-state index in [0.29, 0.717) is 12.4 Å². The number of hydrogen-bond donors (Lipinski definition) is 1. The first-order chi connectivity index (χ1) is 10.7. The van der Waals surface area contributed by atoms with Gasteiger partial charge in [-0.05, 0) is 36.4 Å². The Balaban J connectivity index is 1.57. The molecular weight excluding hydrogens is 299 g/mol. The predicted octanol–water partition coefficient (Wildman–Crippen LogP) is 4.15. The van der Waals surface area contributed by atoms with Crippen molar-refractivity contribution >= 4 is 17.0 Å². The van der Waals surface area contributed by atoms with Crippen molar-refractivity contribution in [3.8, 4) is 17.0 Å². The number of aromatic nitrogens is 1. The Bertz CT molecular complexity index is 738. The lowest BCUT2D eigenvalue weighted by atomic mass is 10.1. The molecule has 1 aromatic heterocycles. The minimum Gasteiger partial charge on any atom is -0.493 e. The molecule has 0 saturated carbocycles. The van der Waals surface area contributed by atoms with Crippen LogP contribution in [0.2, 0.25) is 0 Å². The van der Waals surface area contributed by atoms with E-state index in [0.717, 1.165) is 28.4 Å². The molecule has 0 atom stereocenters. The number of anilines is 1.